The van der Waals surface area contributed by atoms with Crippen molar-refractivity contribution >= 4 is 29.3 Å². The van der Waals surface area contributed by atoms with Crippen LogP contribution in [0, 0.1) is 0 Å². The molecule has 0 bridgehead atoms. The average molecular weight is 321 g/mol. The van der Waals surface area contributed by atoms with Crippen LogP contribution in [0.3, 0.4) is 0 Å². The summed E-state index contributed by atoms with van der Waals surface area (Å²) < 4.78 is 0. The summed E-state index contributed by atoms with van der Waals surface area (Å²) in [6, 6.07) is 3.74. The number of unbranched alkanes of at least 4 members (excludes halogenated alkanes) is 1. The molecule has 22 heavy (non-hydrogen) atoms. The Morgan fingerprint density at radius 1 is 1.45 bits per heavy atom. The number of carbonyl (C=O) groups is 2. The van der Waals surface area contributed by atoms with Gasteiger partial charge in [0.1, 0.15) is 5.03 Å². The van der Waals surface area contributed by atoms with Crippen LogP contribution in [-0.2, 0) is 9.59 Å². The van der Waals surface area contributed by atoms with Crippen LogP contribution in [0.2, 0.25) is 0 Å². The van der Waals surface area contributed by atoms with E-state index in [-0.39, 0.29) is 23.5 Å². The molecule has 2 heterocycles. The normalized spacial score (nSPS) is 17.3. The summed E-state index contributed by atoms with van der Waals surface area (Å²) in [6.07, 6.45) is 3.99. The quantitative estimate of drug-likeness (QED) is 0.808. The second-order valence-electron chi connectivity index (χ2n) is 5.39. The molecule has 1 atom stereocenters. The van der Waals surface area contributed by atoms with E-state index in [0.717, 1.165) is 30.1 Å². The fourth-order valence-corrected chi connectivity index (χ4v) is 3.59. The van der Waals surface area contributed by atoms with Gasteiger partial charge in [-0.1, -0.05) is 25.1 Å². The lowest BCUT2D eigenvalue weighted by Gasteiger charge is -2.32. The maximum absolute atomic E-state index is 12.6. The van der Waals surface area contributed by atoms with E-state index in [1.807, 2.05) is 19.1 Å². The Morgan fingerprint density at radius 3 is 2.91 bits per heavy atom. The van der Waals surface area contributed by atoms with Crippen molar-refractivity contribution in [1.82, 2.24) is 9.88 Å². The standard InChI is InChI=1S/C16H23N3O2S/c1-4-6-10-18(3)14(20)11-13-16(21)19(5-2)12-8-7-9-17-15(12)22-13/h7-9,13H,4-6,10-11H2,1-3H3/t13-/m1/s1. The van der Waals surface area contributed by atoms with Crippen LogP contribution in [0.1, 0.15) is 33.1 Å². The summed E-state index contributed by atoms with van der Waals surface area (Å²) in [5, 5.41) is 0.455. The van der Waals surface area contributed by atoms with Gasteiger partial charge in [-0.25, -0.2) is 4.98 Å². The molecule has 0 fully saturated rings. The second kappa shape index (κ2) is 7.63. The SMILES string of the molecule is CCCCN(C)C(=O)C[C@H]1Sc2ncccc2N(CC)C1=O. The number of hydrogen-bond acceptors (Lipinski definition) is 4. The minimum absolute atomic E-state index is 0.00485. The molecular formula is C16H23N3O2S. The third-order valence-electron chi connectivity index (χ3n) is 3.79. The number of fused-ring (bicyclic) bond motifs is 1. The minimum atomic E-state index is -0.376. The zero-order valence-corrected chi connectivity index (χ0v) is 14.2. The van der Waals surface area contributed by atoms with Crippen molar-refractivity contribution in [3.05, 3.63) is 18.3 Å². The van der Waals surface area contributed by atoms with Gasteiger partial charge in [-0.3, -0.25) is 9.59 Å². The highest BCUT2D eigenvalue weighted by molar-refractivity contribution is 8.00. The largest absolute Gasteiger partial charge is 0.346 e. The van der Waals surface area contributed by atoms with E-state index >= 15 is 0 Å². The molecule has 0 aliphatic carbocycles. The monoisotopic (exact) mass is 321 g/mol. The Balaban J connectivity index is 2.10. The zero-order valence-electron chi connectivity index (χ0n) is 13.4. The highest BCUT2D eigenvalue weighted by Gasteiger charge is 2.35. The number of hydrogen-bond donors (Lipinski definition) is 0. The van der Waals surface area contributed by atoms with Gasteiger partial charge in [0.05, 0.1) is 10.9 Å². The van der Waals surface area contributed by atoms with E-state index in [1.165, 1.54) is 11.8 Å². The molecule has 1 aromatic heterocycles. The highest BCUT2D eigenvalue weighted by atomic mass is 32.2. The number of nitrogens with zero attached hydrogens (tertiary/aromatic N) is 3. The molecule has 2 rings (SSSR count). The molecule has 1 aromatic rings. The predicted molar refractivity (Wildman–Crippen MR) is 89.1 cm³/mol. The molecular weight excluding hydrogens is 298 g/mol. The summed E-state index contributed by atoms with van der Waals surface area (Å²) in [7, 11) is 1.81. The summed E-state index contributed by atoms with van der Waals surface area (Å²) in [4.78, 5) is 32.7. The molecule has 0 saturated heterocycles. The van der Waals surface area contributed by atoms with Crippen LogP contribution < -0.4 is 4.90 Å². The Bertz CT molecular complexity index is 550. The average Bonchev–Trinajstić information content (AvgIpc) is 2.53. The van der Waals surface area contributed by atoms with Crippen molar-refractivity contribution in [2.24, 2.45) is 0 Å². The Labute approximate surface area is 136 Å². The van der Waals surface area contributed by atoms with Crippen molar-refractivity contribution in [1.29, 1.82) is 0 Å². The van der Waals surface area contributed by atoms with Crippen LogP contribution in [0.5, 0.6) is 0 Å². The second-order valence-corrected chi connectivity index (χ2v) is 6.58. The Kier molecular flexibility index (Phi) is 5.83. The van der Waals surface area contributed by atoms with E-state index < -0.39 is 0 Å². The van der Waals surface area contributed by atoms with Gasteiger partial charge in [-0.2, -0.15) is 0 Å². The molecule has 0 spiro atoms. The Hall–Kier alpha value is -1.56. The lowest BCUT2D eigenvalue weighted by atomic mass is 10.2. The van der Waals surface area contributed by atoms with E-state index in [4.69, 9.17) is 0 Å². The van der Waals surface area contributed by atoms with Gasteiger partial charge in [-0.15, -0.1) is 0 Å². The zero-order chi connectivity index (χ0) is 16.1. The molecule has 0 radical (unpaired) electrons. The molecule has 120 valence electrons. The van der Waals surface area contributed by atoms with Crippen molar-refractivity contribution < 1.29 is 9.59 Å². The number of thioether (sulfide) groups is 1. The molecule has 1 aliphatic heterocycles. The van der Waals surface area contributed by atoms with Crippen molar-refractivity contribution in [3.63, 3.8) is 0 Å². The van der Waals surface area contributed by atoms with E-state index in [1.54, 1.807) is 23.0 Å². The first-order valence-corrected chi connectivity index (χ1v) is 8.63. The molecule has 0 saturated carbocycles. The number of rotatable bonds is 6. The van der Waals surface area contributed by atoms with E-state index in [0.29, 0.717) is 6.54 Å². The van der Waals surface area contributed by atoms with Gasteiger partial charge in [0.15, 0.2) is 0 Å². The Morgan fingerprint density at radius 2 is 2.23 bits per heavy atom. The minimum Gasteiger partial charge on any atom is -0.346 e. The van der Waals surface area contributed by atoms with Crippen LogP contribution in [0.4, 0.5) is 5.69 Å². The van der Waals surface area contributed by atoms with Crippen molar-refractivity contribution in [2.75, 3.05) is 25.0 Å². The van der Waals surface area contributed by atoms with Gasteiger partial charge in [-0.05, 0) is 25.5 Å². The maximum Gasteiger partial charge on any atom is 0.241 e. The third kappa shape index (κ3) is 3.61. The van der Waals surface area contributed by atoms with Crippen LogP contribution in [0.15, 0.2) is 23.4 Å². The van der Waals surface area contributed by atoms with E-state index in [9.17, 15) is 9.59 Å². The van der Waals surface area contributed by atoms with E-state index in [2.05, 4.69) is 11.9 Å². The van der Waals surface area contributed by atoms with Gasteiger partial charge in [0.25, 0.3) is 0 Å². The number of amides is 2. The molecule has 6 heteroatoms. The summed E-state index contributed by atoms with van der Waals surface area (Å²) >= 11 is 1.40. The predicted octanol–water partition coefficient (Wildman–Crippen LogP) is 2.56. The summed E-state index contributed by atoms with van der Waals surface area (Å²) in [5.74, 6) is 0.0278. The third-order valence-corrected chi connectivity index (χ3v) is 4.98. The fraction of sp³-hybridized carbons (Fsp3) is 0.562. The topological polar surface area (TPSA) is 53.5 Å². The first kappa shape index (κ1) is 16.8. The number of aromatic nitrogens is 1. The van der Waals surface area contributed by atoms with Crippen molar-refractivity contribution in [3.8, 4) is 0 Å². The lowest BCUT2D eigenvalue weighted by Crippen LogP contribution is -2.43. The lowest BCUT2D eigenvalue weighted by molar-refractivity contribution is -0.131. The molecule has 0 aromatic carbocycles. The molecule has 2 amide bonds. The highest BCUT2D eigenvalue weighted by Crippen LogP contribution is 2.38. The van der Waals surface area contributed by atoms with Crippen molar-refractivity contribution in [2.45, 2.75) is 43.4 Å². The van der Waals surface area contributed by atoms with Crippen LogP contribution in [-0.4, -0.2) is 47.1 Å². The van der Waals surface area contributed by atoms with Gasteiger partial charge >= 0.3 is 0 Å². The first-order chi connectivity index (χ1) is 10.6. The summed E-state index contributed by atoms with van der Waals surface area (Å²) in [6.45, 7) is 5.37. The summed E-state index contributed by atoms with van der Waals surface area (Å²) in [5.41, 5.74) is 0.850. The van der Waals surface area contributed by atoms with Gasteiger partial charge in [0, 0.05) is 32.8 Å². The van der Waals surface area contributed by atoms with Gasteiger partial charge in [0.2, 0.25) is 11.8 Å². The number of pyridine rings is 1. The number of anilines is 1. The fourth-order valence-electron chi connectivity index (χ4n) is 2.45. The van der Waals surface area contributed by atoms with Crippen LogP contribution >= 0.6 is 11.8 Å². The first-order valence-electron chi connectivity index (χ1n) is 7.75. The number of carbonyl (C=O) groups excluding carboxylic acids is 2. The van der Waals surface area contributed by atoms with Crippen LogP contribution in [0.25, 0.3) is 0 Å². The van der Waals surface area contributed by atoms with Gasteiger partial charge < -0.3 is 9.80 Å². The molecule has 0 N–H and O–H groups in total. The molecule has 1 aliphatic rings. The smallest absolute Gasteiger partial charge is 0.241 e. The molecule has 5 nitrogen and oxygen atoms in total. The molecule has 0 unspecified atom stereocenters. The maximum atomic E-state index is 12.6.